The molecule has 140 valence electrons. The highest BCUT2D eigenvalue weighted by atomic mass is 32.1. The van der Waals surface area contributed by atoms with Crippen LogP contribution in [0.1, 0.15) is 22.6 Å². The number of benzene rings is 2. The molecule has 0 atom stereocenters. The molecule has 0 fully saturated rings. The monoisotopic (exact) mass is 390 g/mol. The van der Waals surface area contributed by atoms with Crippen LogP contribution in [0.4, 0.5) is 10.7 Å². The van der Waals surface area contributed by atoms with Gasteiger partial charge in [-0.1, -0.05) is 48.5 Å². The first-order chi connectivity index (χ1) is 13.6. The SMILES string of the molecule is Cc1cnc(NC(=S)NC(=O)OCC2c3ccccc3-c3ccccc32)nc1. The lowest BCUT2D eigenvalue weighted by Crippen LogP contribution is -2.35. The molecular weight excluding hydrogens is 372 g/mol. The van der Waals surface area contributed by atoms with Crippen LogP contribution in [0.25, 0.3) is 11.1 Å². The summed E-state index contributed by atoms with van der Waals surface area (Å²) in [5, 5.41) is 5.33. The number of nitrogens with one attached hydrogen (secondary N) is 2. The number of hydrogen-bond donors (Lipinski definition) is 2. The molecule has 1 aliphatic rings. The first kappa shape index (κ1) is 18.1. The van der Waals surface area contributed by atoms with Crippen molar-refractivity contribution in [1.82, 2.24) is 15.3 Å². The highest BCUT2D eigenvalue weighted by Crippen LogP contribution is 2.44. The smallest absolute Gasteiger partial charge is 0.413 e. The molecule has 2 aromatic carbocycles. The summed E-state index contributed by atoms with van der Waals surface area (Å²) in [5.41, 5.74) is 5.61. The fourth-order valence-electron chi connectivity index (χ4n) is 3.32. The zero-order valence-electron chi connectivity index (χ0n) is 15.2. The first-order valence-electron chi connectivity index (χ1n) is 8.83. The van der Waals surface area contributed by atoms with Crippen molar-refractivity contribution in [3.63, 3.8) is 0 Å². The van der Waals surface area contributed by atoms with E-state index in [4.69, 9.17) is 17.0 Å². The molecular formula is C21H18N4O2S. The van der Waals surface area contributed by atoms with Crippen molar-refractivity contribution in [3.8, 4) is 11.1 Å². The van der Waals surface area contributed by atoms with Gasteiger partial charge in [0, 0.05) is 18.3 Å². The predicted octanol–water partition coefficient (Wildman–Crippen LogP) is 4.02. The van der Waals surface area contributed by atoms with Crippen molar-refractivity contribution >= 4 is 29.4 Å². The molecule has 0 radical (unpaired) electrons. The van der Waals surface area contributed by atoms with Gasteiger partial charge in [0.05, 0.1) is 0 Å². The zero-order chi connectivity index (χ0) is 19.5. The maximum atomic E-state index is 12.2. The van der Waals surface area contributed by atoms with Gasteiger partial charge in [-0.05, 0) is 47.0 Å². The largest absolute Gasteiger partial charge is 0.448 e. The molecule has 0 bridgehead atoms. The van der Waals surface area contributed by atoms with Gasteiger partial charge in [-0.15, -0.1) is 0 Å². The Balaban J connectivity index is 1.38. The molecule has 3 aromatic rings. The number of aromatic nitrogens is 2. The van der Waals surface area contributed by atoms with E-state index in [1.807, 2.05) is 31.2 Å². The van der Waals surface area contributed by atoms with Crippen LogP contribution >= 0.6 is 12.2 Å². The van der Waals surface area contributed by atoms with Crippen molar-refractivity contribution in [3.05, 3.63) is 77.6 Å². The number of nitrogens with zero attached hydrogens (tertiary/aromatic N) is 2. The Morgan fingerprint density at radius 2 is 1.61 bits per heavy atom. The number of alkyl carbamates (subject to hydrolysis) is 1. The van der Waals surface area contributed by atoms with Crippen molar-refractivity contribution in [2.24, 2.45) is 0 Å². The van der Waals surface area contributed by atoms with Crippen LogP contribution in [-0.4, -0.2) is 27.8 Å². The van der Waals surface area contributed by atoms with E-state index in [-0.39, 0.29) is 17.6 Å². The molecule has 2 N–H and O–H groups in total. The maximum Gasteiger partial charge on any atom is 0.413 e. The van der Waals surface area contributed by atoms with Crippen molar-refractivity contribution in [2.75, 3.05) is 11.9 Å². The Kier molecular flexibility index (Phi) is 4.99. The minimum Gasteiger partial charge on any atom is -0.448 e. The fourth-order valence-corrected chi connectivity index (χ4v) is 3.49. The molecule has 4 rings (SSSR count). The molecule has 0 unspecified atom stereocenters. The highest BCUT2D eigenvalue weighted by molar-refractivity contribution is 7.80. The van der Waals surface area contributed by atoms with Gasteiger partial charge < -0.3 is 10.1 Å². The molecule has 0 aliphatic heterocycles. The lowest BCUT2D eigenvalue weighted by atomic mass is 9.98. The molecule has 7 heteroatoms. The maximum absolute atomic E-state index is 12.2. The molecule has 1 heterocycles. The second-order valence-corrected chi connectivity index (χ2v) is 6.90. The fraction of sp³-hybridized carbons (Fsp3) is 0.143. The second kappa shape index (κ2) is 7.74. The van der Waals surface area contributed by atoms with Gasteiger partial charge in [-0.2, -0.15) is 0 Å². The minimum absolute atomic E-state index is 0.000104. The van der Waals surface area contributed by atoms with Crippen molar-refractivity contribution in [1.29, 1.82) is 0 Å². The van der Waals surface area contributed by atoms with Crippen LogP contribution in [0.5, 0.6) is 0 Å². The summed E-state index contributed by atoms with van der Waals surface area (Å²) in [7, 11) is 0. The summed E-state index contributed by atoms with van der Waals surface area (Å²) in [6.07, 6.45) is 2.70. The van der Waals surface area contributed by atoms with E-state index in [1.54, 1.807) is 12.4 Å². The van der Waals surface area contributed by atoms with Gasteiger partial charge in [0.2, 0.25) is 5.95 Å². The predicted molar refractivity (Wildman–Crippen MR) is 111 cm³/mol. The van der Waals surface area contributed by atoms with Gasteiger partial charge in [-0.3, -0.25) is 5.32 Å². The molecule has 0 saturated carbocycles. The van der Waals surface area contributed by atoms with Crippen LogP contribution in [-0.2, 0) is 4.74 Å². The highest BCUT2D eigenvalue weighted by Gasteiger charge is 2.29. The third kappa shape index (κ3) is 3.70. The standard InChI is InChI=1S/C21H18N4O2S/c1-13-10-22-19(23-11-13)24-20(28)25-21(26)27-12-18-16-8-4-2-6-14(16)15-7-3-5-9-17(15)18/h2-11,18H,12H2,1H3,(H2,22,23,24,25,26,28). The Hall–Kier alpha value is -3.32. The Bertz CT molecular complexity index is 991. The Morgan fingerprint density at radius 1 is 1.04 bits per heavy atom. The quantitative estimate of drug-likeness (QED) is 0.658. The molecule has 1 aliphatic carbocycles. The number of fused-ring (bicyclic) bond motifs is 3. The first-order valence-corrected chi connectivity index (χ1v) is 9.24. The minimum atomic E-state index is -0.619. The van der Waals surface area contributed by atoms with Crippen LogP contribution < -0.4 is 10.6 Å². The summed E-state index contributed by atoms with van der Waals surface area (Å²) < 4.78 is 5.45. The topological polar surface area (TPSA) is 76.1 Å². The molecule has 28 heavy (non-hydrogen) atoms. The van der Waals surface area contributed by atoms with E-state index < -0.39 is 6.09 Å². The zero-order valence-corrected chi connectivity index (χ0v) is 16.0. The van der Waals surface area contributed by atoms with Crippen molar-refractivity contribution < 1.29 is 9.53 Å². The number of rotatable bonds is 3. The van der Waals surface area contributed by atoms with E-state index in [9.17, 15) is 4.79 Å². The lowest BCUT2D eigenvalue weighted by molar-refractivity contribution is 0.148. The van der Waals surface area contributed by atoms with Gasteiger partial charge in [0.1, 0.15) is 6.61 Å². The third-order valence-corrected chi connectivity index (χ3v) is 4.77. The number of anilines is 1. The van der Waals surface area contributed by atoms with E-state index in [2.05, 4.69) is 44.9 Å². The molecule has 1 amide bonds. The number of thiocarbonyl (C=S) groups is 1. The normalized spacial score (nSPS) is 12.0. The number of carbonyl (C=O) groups is 1. The Morgan fingerprint density at radius 3 is 2.21 bits per heavy atom. The molecule has 0 spiro atoms. The van der Waals surface area contributed by atoms with Gasteiger partial charge in [-0.25, -0.2) is 14.8 Å². The Labute approximate surface area is 168 Å². The number of carbonyl (C=O) groups excluding carboxylic acids is 1. The number of hydrogen-bond acceptors (Lipinski definition) is 5. The van der Waals surface area contributed by atoms with Crippen molar-refractivity contribution in [2.45, 2.75) is 12.8 Å². The van der Waals surface area contributed by atoms with E-state index in [1.165, 1.54) is 11.1 Å². The number of aryl methyl sites for hydroxylation is 1. The summed E-state index contributed by atoms with van der Waals surface area (Å²) >= 11 is 5.12. The van der Waals surface area contributed by atoms with Gasteiger partial charge in [0.25, 0.3) is 0 Å². The van der Waals surface area contributed by atoms with E-state index >= 15 is 0 Å². The number of ether oxygens (including phenoxy) is 1. The summed E-state index contributed by atoms with van der Waals surface area (Å²) in [5.74, 6) is 0.315. The summed E-state index contributed by atoms with van der Waals surface area (Å²) in [6, 6.07) is 16.4. The van der Waals surface area contributed by atoms with Gasteiger partial charge >= 0.3 is 6.09 Å². The summed E-state index contributed by atoms with van der Waals surface area (Å²) in [4.78, 5) is 20.3. The van der Waals surface area contributed by atoms with Crippen LogP contribution in [0, 0.1) is 6.92 Å². The average molecular weight is 390 g/mol. The molecule has 1 aromatic heterocycles. The molecule has 6 nitrogen and oxygen atoms in total. The van der Waals surface area contributed by atoms with E-state index in [0.717, 1.165) is 16.7 Å². The lowest BCUT2D eigenvalue weighted by Gasteiger charge is -2.15. The van der Waals surface area contributed by atoms with Crippen LogP contribution in [0.2, 0.25) is 0 Å². The second-order valence-electron chi connectivity index (χ2n) is 6.49. The van der Waals surface area contributed by atoms with Crippen LogP contribution in [0.15, 0.2) is 60.9 Å². The van der Waals surface area contributed by atoms with Crippen LogP contribution in [0.3, 0.4) is 0 Å². The van der Waals surface area contributed by atoms with Gasteiger partial charge in [0.15, 0.2) is 5.11 Å². The number of amides is 1. The average Bonchev–Trinajstić information content (AvgIpc) is 3.02. The van der Waals surface area contributed by atoms with E-state index in [0.29, 0.717) is 5.95 Å². The summed E-state index contributed by atoms with van der Waals surface area (Å²) in [6.45, 7) is 2.11. The third-order valence-electron chi connectivity index (χ3n) is 4.57. The molecule has 0 saturated heterocycles.